The molecule has 0 aliphatic carbocycles. The highest BCUT2D eigenvalue weighted by atomic mass is 32.2. The van der Waals surface area contributed by atoms with Crippen LogP contribution < -0.4 is 5.32 Å². The normalized spacial score (nSPS) is 12.4. The molecule has 0 amide bonds. The molecule has 0 saturated carbocycles. The van der Waals surface area contributed by atoms with Crippen LogP contribution in [0.25, 0.3) is 0 Å². The predicted octanol–water partition coefficient (Wildman–Crippen LogP) is 4.13. The summed E-state index contributed by atoms with van der Waals surface area (Å²) in [7, 11) is 1.96. The van der Waals surface area contributed by atoms with Crippen LogP contribution in [0.5, 0.6) is 0 Å². The van der Waals surface area contributed by atoms with Gasteiger partial charge in [-0.15, -0.1) is 0 Å². The van der Waals surface area contributed by atoms with Crippen LogP contribution in [0.1, 0.15) is 29.7 Å². The molecule has 0 bridgehead atoms. The van der Waals surface area contributed by atoms with Crippen molar-refractivity contribution in [2.75, 3.05) is 7.05 Å². The van der Waals surface area contributed by atoms with E-state index in [-0.39, 0.29) is 0 Å². The molecule has 0 fully saturated rings. The molecule has 1 N–H and O–H groups in total. The van der Waals surface area contributed by atoms with E-state index in [1.165, 1.54) is 21.6 Å². The van der Waals surface area contributed by atoms with Gasteiger partial charge in [-0.3, -0.25) is 0 Å². The van der Waals surface area contributed by atoms with Crippen LogP contribution in [0.15, 0.2) is 46.5 Å². The highest BCUT2D eigenvalue weighted by Gasteiger charge is 2.05. The average Bonchev–Trinajstić information content (AvgIpc) is 2.42. The third-order valence-corrected chi connectivity index (χ3v) is 4.37. The van der Waals surface area contributed by atoms with Gasteiger partial charge < -0.3 is 5.32 Å². The summed E-state index contributed by atoms with van der Waals surface area (Å²) in [5.74, 6) is 0. The standard InChI is InChI=1S/C16H20N2S/c1-11-5-7-15(12(2)9-11)19-16-8-6-14(10-18-16)13(3)17-4/h5-10,13,17H,1-4H3. The molecule has 19 heavy (non-hydrogen) atoms. The van der Waals surface area contributed by atoms with Crippen LogP contribution >= 0.6 is 11.8 Å². The summed E-state index contributed by atoms with van der Waals surface area (Å²) in [4.78, 5) is 5.80. The van der Waals surface area contributed by atoms with Gasteiger partial charge in [0.1, 0.15) is 5.03 Å². The van der Waals surface area contributed by atoms with Gasteiger partial charge in [0, 0.05) is 17.1 Å². The van der Waals surface area contributed by atoms with E-state index in [1.54, 1.807) is 11.8 Å². The number of hydrogen-bond donors (Lipinski definition) is 1. The minimum atomic E-state index is 0.340. The van der Waals surface area contributed by atoms with E-state index in [2.05, 4.69) is 61.4 Å². The maximum Gasteiger partial charge on any atom is 0.101 e. The van der Waals surface area contributed by atoms with Gasteiger partial charge in [0.15, 0.2) is 0 Å². The van der Waals surface area contributed by atoms with Crippen molar-refractivity contribution in [3.05, 3.63) is 53.2 Å². The van der Waals surface area contributed by atoms with Gasteiger partial charge in [-0.2, -0.15) is 0 Å². The van der Waals surface area contributed by atoms with Crippen molar-refractivity contribution in [2.45, 2.75) is 36.7 Å². The van der Waals surface area contributed by atoms with Crippen molar-refractivity contribution in [1.29, 1.82) is 0 Å². The highest BCUT2D eigenvalue weighted by Crippen LogP contribution is 2.29. The Balaban J connectivity index is 2.15. The Morgan fingerprint density at radius 3 is 2.53 bits per heavy atom. The summed E-state index contributed by atoms with van der Waals surface area (Å²) >= 11 is 1.72. The summed E-state index contributed by atoms with van der Waals surface area (Å²) in [6.45, 7) is 6.40. The average molecular weight is 272 g/mol. The number of rotatable bonds is 4. The number of pyridine rings is 1. The lowest BCUT2D eigenvalue weighted by Gasteiger charge is -2.11. The second-order valence-corrected chi connectivity index (χ2v) is 5.87. The maximum absolute atomic E-state index is 4.53. The second kappa shape index (κ2) is 6.22. The van der Waals surface area contributed by atoms with E-state index >= 15 is 0 Å². The Morgan fingerprint density at radius 1 is 1.16 bits per heavy atom. The van der Waals surface area contributed by atoms with Gasteiger partial charge in [-0.1, -0.05) is 35.5 Å². The molecule has 0 radical (unpaired) electrons. The molecule has 100 valence electrons. The Labute approximate surface area is 119 Å². The van der Waals surface area contributed by atoms with Crippen LogP contribution in [0, 0.1) is 13.8 Å². The monoisotopic (exact) mass is 272 g/mol. The minimum Gasteiger partial charge on any atom is -0.313 e. The van der Waals surface area contributed by atoms with E-state index in [0.717, 1.165) is 5.03 Å². The van der Waals surface area contributed by atoms with Gasteiger partial charge in [-0.05, 0) is 51.1 Å². The SMILES string of the molecule is CNC(C)c1ccc(Sc2ccc(C)cc2C)nc1. The first kappa shape index (κ1) is 14.1. The molecule has 1 unspecified atom stereocenters. The molecule has 1 heterocycles. The molecular weight excluding hydrogens is 252 g/mol. The zero-order chi connectivity index (χ0) is 13.8. The van der Waals surface area contributed by atoms with Gasteiger partial charge in [-0.25, -0.2) is 4.98 Å². The van der Waals surface area contributed by atoms with E-state index in [0.29, 0.717) is 6.04 Å². The third-order valence-electron chi connectivity index (χ3n) is 3.24. The van der Waals surface area contributed by atoms with Gasteiger partial charge >= 0.3 is 0 Å². The van der Waals surface area contributed by atoms with Crippen LogP contribution in [-0.4, -0.2) is 12.0 Å². The van der Waals surface area contributed by atoms with Crippen LogP contribution in [0.3, 0.4) is 0 Å². The fraction of sp³-hybridized carbons (Fsp3) is 0.312. The smallest absolute Gasteiger partial charge is 0.101 e. The minimum absolute atomic E-state index is 0.340. The second-order valence-electron chi connectivity index (χ2n) is 4.81. The Morgan fingerprint density at radius 2 is 1.95 bits per heavy atom. The maximum atomic E-state index is 4.53. The molecule has 0 aliphatic rings. The van der Waals surface area contributed by atoms with Gasteiger partial charge in [0.05, 0.1) is 0 Å². The summed E-state index contributed by atoms with van der Waals surface area (Å²) in [5.41, 5.74) is 3.82. The van der Waals surface area contributed by atoms with E-state index in [4.69, 9.17) is 0 Å². The molecule has 2 rings (SSSR count). The molecule has 1 aromatic carbocycles. The summed E-state index contributed by atoms with van der Waals surface area (Å²) in [5, 5.41) is 4.26. The number of aromatic nitrogens is 1. The molecule has 2 aromatic rings. The first-order valence-electron chi connectivity index (χ1n) is 6.48. The summed E-state index contributed by atoms with van der Waals surface area (Å²) in [6.07, 6.45) is 1.95. The largest absolute Gasteiger partial charge is 0.313 e. The van der Waals surface area contributed by atoms with Crippen LogP contribution in [0.4, 0.5) is 0 Å². The lowest BCUT2D eigenvalue weighted by atomic mass is 10.1. The van der Waals surface area contributed by atoms with Gasteiger partial charge in [0.25, 0.3) is 0 Å². The van der Waals surface area contributed by atoms with Crippen molar-refractivity contribution in [2.24, 2.45) is 0 Å². The topological polar surface area (TPSA) is 24.9 Å². The number of nitrogens with zero attached hydrogens (tertiary/aromatic N) is 1. The number of aryl methyl sites for hydroxylation is 2. The van der Waals surface area contributed by atoms with E-state index in [9.17, 15) is 0 Å². The van der Waals surface area contributed by atoms with Crippen LogP contribution in [-0.2, 0) is 0 Å². The predicted molar refractivity (Wildman–Crippen MR) is 81.8 cm³/mol. The lowest BCUT2D eigenvalue weighted by molar-refractivity contribution is 0.648. The Kier molecular flexibility index (Phi) is 4.61. The molecule has 1 atom stereocenters. The molecule has 1 aromatic heterocycles. The summed E-state index contributed by atoms with van der Waals surface area (Å²) in [6, 6.07) is 11.1. The summed E-state index contributed by atoms with van der Waals surface area (Å²) < 4.78 is 0. The first-order valence-corrected chi connectivity index (χ1v) is 7.30. The molecule has 0 spiro atoms. The van der Waals surface area contributed by atoms with Crippen molar-refractivity contribution in [3.63, 3.8) is 0 Å². The Hall–Kier alpha value is -1.32. The first-order chi connectivity index (χ1) is 9.10. The quantitative estimate of drug-likeness (QED) is 0.906. The zero-order valence-electron chi connectivity index (χ0n) is 11.9. The van der Waals surface area contributed by atoms with E-state index in [1.807, 2.05) is 13.2 Å². The lowest BCUT2D eigenvalue weighted by Crippen LogP contribution is -2.12. The zero-order valence-corrected chi connectivity index (χ0v) is 12.7. The number of nitrogens with one attached hydrogen (secondary N) is 1. The van der Waals surface area contributed by atoms with Crippen LogP contribution in [0.2, 0.25) is 0 Å². The third kappa shape index (κ3) is 3.58. The number of hydrogen-bond acceptors (Lipinski definition) is 3. The van der Waals surface area contributed by atoms with E-state index < -0.39 is 0 Å². The molecule has 3 heteroatoms. The van der Waals surface area contributed by atoms with Gasteiger partial charge in [0.2, 0.25) is 0 Å². The molecule has 2 nitrogen and oxygen atoms in total. The number of benzene rings is 1. The molecular formula is C16H20N2S. The Bertz CT molecular complexity index is 549. The fourth-order valence-electron chi connectivity index (χ4n) is 1.90. The highest BCUT2D eigenvalue weighted by molar-refractivity contribution is 7.99. The van der Waals surface area contributed by atoms with Crippen molar-refractivity contribution < 1.29 is 0 Å². The molecule has 0 aliphatic heterocycles. The van der Waals surface area contributed by atoms with Crippen molar-refractivity contribution >= 4 is 11.8 Å². The van der Waals surface area contributed by atoms with Crippen molar-refractivity contribution in [1.82, 2.24) is 10.3 Å². The molecule has 0 saturated heterocycles. The fourth-order valence-corrected chi connectivity index (χ4v) is 2.72. The van der Waals surface area contributed by atoms with Crippen molar-refractivity contribution in [3.8, 4) is 0 Å².